The van der Waals surface area contributed by atoms with Crippen LogP contribution in [0.25, 0.3) is 0 Å². The molecular formula is C10H13NO3S. The van der Waals surface area contributed by atoms with Gasteiger partial charge >= 0.3 is 0 Å². The zero-order valence-electron chi connectivity index (χ0n) is 8.22. The molecule has 2 N–H and O–H groups in total. The summed E-state index contributed by atoms with van der Waals surface area (Å²) in [4.78, 5) is 4.86. The minimum atomic E-state index is -3.15. The van der Waals surface area contributed by atoms with Gasteiger partial charge in [-0.15, -0.1) is 0 Å². The average molecular weight is 227 g/mol. The smallest absolute Gasteiger partial charge is 0.181 e. The van der Waals surface area contributed by atoms with Gasteiger partial charge in [0, 0.05) is 0 Å². The van der Waals surface area contributed by atoms with Gasteiger partial charge in [0.1, 0.15) is 0 Å². The summed E-state index contributed by atoms with van der Waals surface area (Å²) < 4.78 is 24.0. The average Bonchev–Trinajstić information content (AvgIpc) is 3.02. The van der Waals surface area contributed by atoms with Crippen molar-refractivity contribution >= 4 is 9.84 Å². The molecule has 0 unspecified atom stereocenters. The molecule has 0 spiro atoms. The van der Waals surface area contributed by atoms with Crippen molar-refractivity contribution in [1.82, 2.24) is 0 Å². The van der Waals surface area contributed by atoms with E-state index < -0.39 is 9.84 Å². The normalized spacial score (nSPS) is 16.6. The molecule has 1 aliphatic rings. The van der Waals surface area contributed by atoms with E-state index in [1.165, 1.54) is 0 Å². The van der Waals surface area contributed by atoms with Crippen molar-refractivity contribution in [2.24, 2.45) is 5.90 Å². The van der Waals surface area contributed by atoms with Gasteiger partial charge in [-0.05, 0) is 24.5 Å². The Kier molecular flexibility index (Phi) is 2.77. The van der Waals surface area contributed by atoms with Crippen molar-refractivity contribution in [3.05, 3.63) is 29.8 Å². The Labute approximate surface area is 88.9 Å². The lowest BCUT2D eigenvalue weighted by atomic mass is 10.2. The largest absolute Gasteiger partial charge is 0.300 e. The maximum absolute atomic E-state index is 12.0. The van der Waals surface area contributed by atoms with Crippen LogP contribution in [0.4, 0.5) is 0 Å². The van der Waals surface area contributed by atoms with Crippen molar-refractivity contribution in [3.8, 4) is 0 Å². The number of benzene rings is 1. The minimum Gasteiger partial charge on any atom is -0.300 e. The third-order valence-corrected chi connectivity index (χ3v) is 4.84. The molecule has 0 amide bonds. The topological polar surface area (TPSA) is 69.4 Å². The van der Waals surface area contributed by atoms with Gasteiger partial charge in [-0.25, -0.2) is 14.3 Å². The number of sulfone groups is 1. The molecule has 1 aromatic rings. The van der Waals surface area contributed by atoms with Crippen LogP contribution in [0, 0.1) is 0 Å². The highest BCUT2D eigenvalue weighted by Crippen LogP contribution is 2.34. The summed E-state index contributed by atoms with van der Waals surface area (Å²) in [6.45, 7) is 0.127. The molecule has 1 aromatic carbocycles. The summed E-state index contributed by atoms with van der Waals surface area (Å²) in [5, 5.41) is -0.198. The van der Waals surface area contributed by atoms with E-state index >= 15 is 0 Å². The molecule has 4 nitrogen and oxygen atoms in total. The zero-order valence-corrected chi connectivity index (χ0v) is 9.03. The van der Waals surface area contributed by atoms with E-state index in [1.54, 1.807) is 24.3 Å². The fourth-order valence-corrected chi connectivity index (χ4v) is 3.42. The van der Waals surface area contributed by atoms with E-state index in [2.05, 4.69) is 4.84 Å². The van der Waals surface area contributed by atoms with Gasteiger partial charge in [0.05, 0.1) is 16.8 Å². The van der Waals surface area contributed by atoms with Gasteiger partial charge in [0.15, 0.2) is 9.84 Å². The van der Waals surface area contributed by atoms with Gasteiger partial charge in [-0.1, -0.05) is 18.2 Å². The van der Waals surface area contributed by atoms with Crippen LogP contribution in [0.5, 0.6) is 0 Å². The van der Waals surface area contributed by atoms with Crippen LogP contribution in [0.15, 0.2) is 29.2 Å². The molecule has 0 bridgehead atoms. The molecular weight excluding hydrogens is 214 g/mol. The van der Waals surface area contributed by atoms with E-state index in [-0.39, 0.29) is 11.9 Å². The molecule has 1 saturated carbocycles. The summed E-state index contributed by atoms with van der Waals surface area (Å²) in [5.74, 6) is 4.97. The van der Waals surface area contributed by atoms with E-state index in [9.17, 15) is 8.42 Å². The lowest BCUT2D eigenvalue weighted by molar-refractivity contribution is 0.122. The molecule has 1 aliphatic carbocycles. The standard InChI is InChI=1S/C10H13NO3S/c11-14-7-8-3-1-2-4-10(8)15(12,13)9-5-6-9/h1-4,9H,5-7,11H2. The second-order valence-corrected chi connectivity index (χ2v) is 5.86. The van der Waals surface area contributed by atoms with Crippen LogP contribution in [0.1, 0.15) is 18.4 Å². The highest BCUT2D eigenvalue weighted by Gasteiger charge is 2.37. The Hall–Kier alpha value is -0.910. The van der Waals surface area contributed by atoms with E-state index in [0.717, 1.165) is 12.8 Å². The SMILES string of the molecule is NOCc1ccccc1S(=O)(=O)C1CC1. The molecule has 0 saturated heterocycles. The van der Waals surface area contributed by atoms with Crippen molar-refractivity contribution in [1.29, 1.82) is 0 Å². The van der Waals surface area contributed by atoms with Gasteiger partial charge in [0.2, 0.25) is 0 Å². The Morgan fingerprint density at radius 2 is 2.00 bits per heavy atom. The first kappa shape index (κ1) is 10.6. The maximum Gasteiger partial charge on any atom is 0.181 e. The molecule has 82 valence electrons. The number of hydrogen-bond acceptors (Lipinski definition) is 4. The molecule has 0 heterocycles. The summed E-state index contributed by atoms with van der Waals surface area (Å²) in [6, 6.07) is 6.83. The first-order chi connectivity index (χ1) is 7.16. The summed E-state index contributed by atoms with van der Waals surface area (Å²) in [7, 11) is -3.15. The second-order valence-electron chi connectivity index (χ2n) is 3.66. The Balaban J connectivity index is 2.42. The number of rotatable bonds is 4. The second kappa shape index (κ2) is 3.92. The predicted molar refractivity (Wildman–Crippen MR) is 55.6 cm³/mol. The van der Waals surface area contributed by atoms with Gasteiger partial charge in [0.25, 0.3) is 0 Å². The Morgan fingerprint density at radius 3 is 2.60 bits per heavy atom. The summed E-state index contributed by atoms with van der Waals surface area (Å²) in [5.41, 5.74) is 0.631. The molecule has 5 heteroatoms. The number of nitrogens with two attached hydrogens (primary N) is 1. The number of hydrogen-bond donors (Lipinski definition) is 1. The first-order valence-corrected chi connectivity index (χ1v) is 6.34. The fraction of sp³-hybridized carbons (Fsp3) is 0.400. The zero-order chi connectivity index (χ0) is 10.9. The molecule has 0 atom stereocenters. The van der Waals surface area contributed by atoms with Crippen LogP contribution >= 0.6 is 0 Å². The monoisotopic (exact) mass is 227 g/mol. The maximum atomic E-state index is 12.0. The van der Waals surface area contributed by atoms with Crippen molar-refractivity contribution in [2.75, 3.05) is 0 Å². The summed E-state index contributed by atoms with van der Waals surface area (Å²) >= 11 is 0. The van der Waals surface area contributed by atoms with Crippen LogP contribution < -0.4 is 5.90 Å². The van der Waals surface area contributed by atoms with Gasteiger partial charge in [-0.2, -0.15) is 0 Å². The third kappa shape index (κ3) is 2.04. The van der Waals surface area contributed by atoms with Gasteiger partial charge < -0.3 is 0 Å². The van der Waals surface area contributed by atoms with Crippen molar-refractivity contribution < 1.29 is 13.3 Å². The Morgan fingerprint density at radius 1 is 1.33 bits per heavy atom. The molecule has 0 aromatic heterocycles. The van der Waals surface area contributed by atoms with E-state index in [4.69, 9.17) is 5.90 Å². The highest BCUT2D eigenvalue weighted by molar-refractivity contribution is 7.92. The lowest BCUT2D eigenvalue weighted by Crippen LogP contribution is -2.11. The predicted octanol–water partition coefficient (Wildman–Crippen LogP) is 1.01. The Bertz CT molecular complexity index is 451. The molecule has 2 rings (SSSR count). The summed E-state index contributed by atoms with van der Waals surface area (Å²) in [6.07, 6.45) is 1.53. The molecule has 1 fully saturated rings. The highest BCUT2D eigenvalue weighted by atomic mass is 32.2. The van der Waals surface area contributed by atoms with E-state index in [1.807, 2.05) is 0 Å². The third-order valence-electron chi connectivity index (χ3n) is 2.48. The van der Waals surface area contributed by atoms with Crippen molar-refractivity contribution in [2.45, 2.75) is 29.6 Å². The van der Waals surface area contributed by atoms with Crippen LogP contribution in [-0.2, 0) is 21.3 Å². The van der Waals surface area contributed by atoms with E-state index in [0.29, 0.717) is 10.5 Å². The lowest BCUT2D eigenvalue weighted by Gasteiger charge is -2.08. The van der Waals surface area contributed by atoms with Crippen LogP contribution in [0.2, 0.25) is 0 Å². The van der Waals surface area contributed by atoms with Gasteiger partial charge in [-0.3, -0.25) is 4.84 Å². The minimum absolute atomic E-state index is 0.127. The molecule has 0 radical (unpaired) electrons. The fourth-order valence-electron chi connectivity index (χ4n) is 1.55. The first-order valence-electron chi connectivity index (χ1n) is 4.79. The van der Waals surface area contributed by atoms with Crippen LogP contribution in [-0.4, -0.2) is 13.7 Å². The van der Waals surface area contributed by atoms with Crippen molar-refractivity contribution in [3.63, 3.8) is 0 Å². The van der Waals surface area contributed by atoms with Crippen LogP contribution in [0.3, 0.4) is 0 Å². The molecule has 15 heavy (non-hydrogen) atoms. The quantitative estimate of drug-likeness (QED) is 0.779. The molecule has 0 aliphatic heterocycles.